The number of H-pyrrole nitrogens is 2. The van der Waals surface area contributed by atoms with Crippen LogP contribution in [0.5, 0.6) is 5.75 Å². The van der Waals surface area contributed by atoms with Gasteiger partial charge in [-0.15, -0.1) is 0 Å². The zero-order valence-corrected chi connectivity index (χ0v) is 14.2. The zero-order valence-electron chi connectivity index (χ0n) is 14.2. The number of carbonyl (C=O) groups is 1. The first kappa shape index (κ1) is 16.8. The van der Waals surface area contributed by atoms with E-state index in [1.165, 1.54) is 0 Å². The predicted octanol–water partition coefficient (Wildman–Crippen LogP) is 2.38. The molecule has 0 saturated carbocycles. The van der Waals surface area contributed by atoms with Crippen molar-refractivity contribution in [1.29, 1.82) is 0 Å². The van der Waals surface area contributed by atoms with E-state index < -0.39 is 0 Å². The van der Waals surface area contributed by atoms with Crippen molar-refractivity contribution in [2.75, 3.05) is 0 Å². The molecule has 3 aromatic rings. The Kier molecular flexibility index (Phi) is 5.13. The van der Waals surface area contributed by atoms with Gasteiger partial charge in [-0.1, -0.05) is 18.2 Å². The van der Waals surface area contributed by atoms with Crippen molar-refractivity contribution in [1.82, 2.24) is 25.7 Å². The molecular formula is C18H21N5O2. The van der Waals surface area contributed by atoms with E-state index in [1.54, 1.807) is 6.07 Å². The fourth-order valence-corrected chi connectivity index (χ4v) is 2.47. The van der Waals surface area contributed by atoms with Crippen LogP contribution < -0.4 is 10.1 Å². The molecule has 0 aliphatic heterocycles. The van der Waals surface area contributed by atoms with Gasteiger partial charge in [0, 0.05) is 18.2 Å². The molecule has 0 radical (unpaired) electrons. The van der Waals surface area contributed by atoms with E-state index in [9.17, 15) is 4.79 Å². The van der Waals surface area contributed by atoms with Crippen LogP contribution in [0.3, 0.4) is 0 Å². The number of carbonyl (C=O) groups excluding carboxylic acids is 1. The van der Waals surface area contributed by atoms with Crippen LogP contribution in [0.15, 0.2) is 42.5 Å². The van der Waals surface area contributed by atoms with Crippen molar-refractivity contribution >= 4 is 5.91 Å². The third-order valence-corrected chi connectivity index (χ3v) is 3.65. The third kappa shape index (κ3) is 4.69. The molecule has 7 nitrogen and oxygen atoms in total. The van der Waals surface area contributed by atoms with Gasteiger partial charge in [0.15, 0.2) is 0 Å². The largest absolute Gasteiger partial charge is 0.487 e. The summed E-state index contributed by atoms with van der Waals surface area (Å²) >= 11 is 0. The van der Waals surface area contributed by atoms with Crippen molar-refractivity contribution in [2.45, 2.75) is 32.9 Å². The van der Waals surface area contributed by atoms with Gasteiger partial charge in [-0.3, -0.25) is 15.0 Å². The average molecular weight is 339 g/mol. The Hall–Kier alpha value is -3.09. The summed E-state index contributed by atoms with van der Waals surface area (Å²) in [7, 11) is 0. The monoisotopic (exact) mass is 339 g/mol. The highest BCUT2D eigenvalue weighted by Crippen LogP contribution is 2.11. The van der Waals surface area contributed by atoms with Crippen LogP contribution in [0.1, 0.15) is 34.5 Å². The number of ether oxygens (including phenoxy) is 1. The van der Waals surface area contributed by atoms with E-state index in [1.807, 2.05) is 50.2 Å². The molecule has 1 amide bonds. The molecule has 0 aliphatic carbocycles. The number of rotatable bonds is 7. The molecule has 0 bridgehead atoms. The van der Waals surface area contributed by atoms with Gasteiger partial charge in [-0.05, 0) is 38.1 Å². The lowest BCUT2D eigenvalue weighted by Gasteiger charge is -2.11. The molecule has 2 aromatic heterocycles. The molecule has 2 heterocycles. The molecule has 3 rings (SSSR count). The summed E-state index contributed by atoms with van der Waals surface area (Å²) in [6.45, 7) is 4.21. The summed E-state index contributed by atoms with van der Waals surface area (Å²) in [4.78, 5) is 12.3. The second-order valence-electron chi connectivity index (χ2n) is 6.00. The second-order valence-corrected chi connectivity index (χ2v) is 6.00. The van der Waals surface area contributed by atoms with Crippen LogP contribution in [0.25, 0.3) is 0 Å². The van der Waals surface area contributed by atoms with Gasteiger partial charge < -0.3 is 10.1 Å². The van der Waals surface area contributed by atoms with Gasteiger partial charge in [-0.2, -0.15) is 10.2 Å². The molecule has 0 unspecified atom stereocenters. The van der Waals surface area contributed by atoms with Crippen molar-refractivity contribution < 1.29 is 9.53 Å². The lowest BCUT2D eigenvalue weighted by atomic mass is 10.1. The highest BCUT2D eigenvalue weighted by Gasteiger charge is 2.14. The molecule has 0 spiro atoms. The molecule has 130 valence electrons. The third-order valence-electron chi connectivity index (χ3n) is 3.65. The molecule has 1 aromatic carbocycles. The van der Waals surface area contributed by atoms with E-state index in [-0.39, 0.29) is 11.9 Å². The van der Waals surface area contributed by atoms with Crippen LogP contribution in [0, 0.1) is 6.92 Å². The quantitative estimate of drug-likeness (QED) is 0.616. The van der Waals surface area contributed by atoms with Gasteiger partial charge in [0.1, 0.15) is 18.1 Å². The second kappa shape index (κ2) is 7.65. The SMILES string of the molecule is Cc1cc(C[C@@H](C)NC(=O)c2cc(COc3ccccc3)[nH]n2)n[nH]1. The summed E-state index contributed by atoms with van der Waals surface area (Å²) < 4.78 is 5.63. The molecule has 0 aliphatic rings. The Morgan fingerprint density at radius 3 is 2.72 bits per heavy atom. The van der Waals surface area contributed by atoms with Gasteiger partial charge in [0.25, 0.3) is 5.91 Å². The highest BCUT2D eigenvalue weighted by atomic mass is 16.5. The van der Waals surface area contributed by atoms with Crippen LogP contribution in [0.4, 0.5) is 0 Å². The maximum absolute atomic E-state index is 12.3. The topological polar surface area (TPSA) is 95.7 Å². The van der Waals surface area contributed by atoms with E-state index in [4.69, 9.17) is 4.74 Å². The minimum absolute atomic E-state index is 0.0454. The molecular weight excluding hydrogens is 318 g/mol. The summed E-state index contributed by atoms with van der Waals surface area (Å²) in [5, 5.41) is 16.9. The number of benzene rings is 1. The number of para-hydroxylation sites is 1. The number of hydrogen-bond donors (Lipinski definition) is 3. The van der Waals surface area contributed by atoms with Crippen molar-refractivity contribution in [3.05, 3.63) is 65.2 Å². The molecule has 0 saturated heterocycles. The molecule has 0 fully saturated rings. The minimum Gasteiger partial charge on any atom is -0.487 e. The molecule has 25 heavy (non-hydrogen) atoms. The lowest BCUT2D eigenvalue weighted by molar-refractivity contribution is 0.0935. The number of nitrogens with one attached hydrogen (secondary N) is 3. The first-order valence-corrected chi connectivity index (χ1v) is 8.14. The highest BCUT2D eigenvalue weighted by molar-refractivity contribution is 5.92. The van der Waals surface area contributed by atoms with Crippen LogP contribution in [-0.4, -0.2) is 32.3 Å². The summed E-state index contributed by atoms with van der Waals surface area (Å²) in [6.07, 6.45) is 0.657. The van der Waals surface area contributed by atoms with Crippen molar-refractivity contribution in [3.63, 3.8) is 0 Å². The first-order chi connectivity index (χ1) is 12.1. The van der Waals surface area contributed by atoms with E-state index in [0.717, 1.165) is 22.8 Å². The maximum atomic E-state index is 12.3. The van der Waals surface area contributed by atoms with Crippen LogP contribution in [-0.2, 0) is 13.0 Å². The number of aromatic nitrogens is 4. The predicted molar refractivity (Wildman–Crippen MR) is 93.3 cm³/mol. The Morgan fingerprint density at radius 2 is 2.00 bits per heavy atom. The number of amides is 1. The average Bonchev–Trinajstić information content (AvgIpc) is 3.23. The fourth-order valence-electron chi connectivity index (χ4n) is 2.47. The smallest absolute Gasteiger partial charge is 0.271 e. The zero-order chi connectivity index (χ0) is 17.6. The van der Waals surface area contributed by atoms with Gasteiger partial charge in [0.05, 0.1) is 11.4 Å². The lowest BCUT2D eigenvalue weighted by Crippen LogP contribution is -2.34. The summed E-state index contributed by atoms with van der Waals surface area (Å²) in [5.41, 5.74) is 3.01. The van der Waals surface area contributed by atoms with Crippen molar-refractivity contribution in [3.8, 4) is 5.75 Å². The van der Waals surface area contributed by atoms with Crippen LogP contribution in [0.2, 0.25) is 0 Å². The van der Waals surface area contributed by atoms with Gasteiger partial charge in [-0.25, -0.2) is 0 Å². The van der Waals surface area contributed by atoms with Gasteiger partial charge in [0.2, 0.25) is 0 Å². The van der Waals surface area contributed by atoms with Gasteiger partial charge >= 0.3 is 0 Å². The molecule has 3 N–H and O–H groups in total. The van der Waals surface area contributed by atoms with E-state index in [0.29, 0.717) is 18.7 Å². The molecule has 1 atom stereocenters. The Bertz CT molecular complexity index is 825. The Morgan fingerprint density at radius 1 is 1.20 bits per heavy atom. The van der Waals surface area contributed by atoms with Crippen LogP contribution >= 0.6 is 0 Å². The standard InChI is InChI=1S/C18H21N5O2/c1-12(8-14-9-13(2)20-21-14)19-18(24)17-10-15(22-23-17)11-25-16-6-4-3-5-7-16/h3-7,9-10,12H,8,11H2,1-2H3,(H,19,24)(H,20,21)(H,22,23)/t12-/m1/s1. The Labute approximate surface area is 145 Å². The maximum Gasteiger partial charge on any atom is 0.271 e. The normalized spacial score (nSPS) is 11.9. The number of hydrogen-bond acceptors (Lipinski definition) is 4. The first-order valence-electron chi connectivity index (χ1n) is 8.14. The minimum atomic E-state index is -0.220. The van der Waals surface area contributed by atoms with E-state index in [2.05, 4.69) is 25.7 Å². The van der Waals surface area contributed by atoms with E-state index >= 15 is 0 Å². The number of aromatic amines is 2. The molecule has 7 heteroatoms. The number of aryl methyl sites for hydroxylation is 1. The summed E-state index contributed by atoms with van der Waals surface area (Å²) in [6, 6.07) is 13.1. The summed E-state index contributed by atoms with van der Waals surface area (Å²) in [5.74, 6) is 0.549. The fraction of sp³-hybridized carbons (Fsp3) is 0.278. The van der Waals surface area contributed by atoms with Crippen molar-refractivity contribution in [2.24, 2.45) is 0 Å². The Balaban J connectivity index is 1.51. The number of nitrogens with zero attached hydrogens (tertiary/aromatic N) is 2.